The van der Waals surface area contributed by atoms with Crippen molar-refractivity contribution in [2.24, 2.45) is 0 Å². The molecule has 0 aliphatic rings. The number of benzene rings is 4. The van der Waals surface area contributed by atoms with Gasteiger partial charge in [-0.05, 0) is 60.4 Å². The van der Waals surface area contributed by atoms with Crippen molar-refractivity contribution in [2.75, 3.05) is 17.4 Å². The molecule has 0 aromatic heterocycles. The third-order valence-corrected chi connectivity index (χ3v) is 8.91. The third-order valence-electron chi connectivity index (χ3n) is 7.14. The monoisotopic (exact) mass is 601 g/mol. The zero-order valence-corrected chi connectivity index (χ0v) is 25.1. The molecule has 0 saturated carbocycles. The quantitative estimate of drug-likeness (QED) is 0.224. The minimum atomic E-state index is -4.17. The lowest BCUT2D eigenvalue weighted by Gasteiger charge is -2.34. The number of halogens is 1. The lowest BCUT2D eigenvalue weighted by Crippen LogP contribution is -2.53. The summed E-state index contributed by atoms with van der Waals surface area (Å²) < 4.78 is 43.1. The molecule has 1 N–H and O–H groups in total. The molecular formula is C34H36FN3O4S. The Balaban J connectivity index is 1.81. The fourth-order valence-electron chi connectivity index (χ4n) is 4.92. The second-order valence-corrected chi connectivity index (χ2v) is 11.9. The zero-order chi connectivity index (χ0) is 30.8. The van der Waals surface area contributed by atoms with Crippen molar-refractivity contribution in [3.05, 3.63) is 132 Å². The second-order valence-electron chi connectivity index (χ2n) is 10.1. The topological polar surface area (TPSA) is 86.8 Å². The number of likely N-dealkylation sites (N-methyl/N-ethyl adjacent to an activating group) is 1. The van der Waals surface area contributed by atoms with Gasteiger partial charge in [0, 0.05) is 19.5 Å². The Kier molecular flexibility index (Phi) is 10.7. The molecule has 4 aromatic rings. The summed E-state index contributed by atoms with van der Waals surface area (Å²) >= 11 is 0. The Morgan fingerprint density at radius 1 is 0.791 bits per heavy atom. The van der Waals surface area contributed by atoms with Gasteiger partial charge in [0.2, 0.25) is 11.8 Å². The number of hydrogen-bond donors (Lipinski definition) is 1. The van der Waals surface area contributed by atoms with E-state index in [1.807, 2.05) is 49.4 Å². The van der Waals surface area contributed by atoms with E-state index in [2.05, 4.69) is 5.32 Å². The molecule has 9 heteroatoms. The molecule has 7 nitrogen and oxygen atoms in total. The number of sulfonamides is 1. The van der Waals surface area contributed by atoms with E-state index in [0.717, 1.165) is 15.4 Å². The molecule has 0 heterocycles. The van der Waals surface area contributed by atoms with E-state index < -0.39 is 34.3 Å². The maximum absolute atomic E-state index is 14.4. The predicted molar refractivity (Wildman–Crippen MR) is 166 cm³/mol. The molecule has 0 saturated heterocycles. The van der Waals surface area contributed by atoms with Crippen molar-refractivity contribution in [3.8, 4) is 0 Å². The molecule has 4 rings (SSSR count). The first-order chi connectivity index (χ1) is 20.7. The molecule has 2 amide bonds. The number of anilines is 1. The number of aryl methyl sites for hydroxylation is 1. The number of hydrogen-bond acceptors (Lipinski definition) is 4. The lowest BCUT2D eigenvalue weighted by molar-refractivity contribution is -0.140. The van der Waals surface area contributed by atoms with E-state index in [1.54, 1.807) is 49.4 Å². The molecule has 43 heavy (non-hydrogen) atoms. The van der Waals surface area contributed by atoms with E-state index in [9.17, 15) is 22.4 Å². The van der Waals surface area contributed by atoms with Crippen LogP contribution in [-0.2, 0) is 39.0 Å². The summed E-state index contributed by atoms with van der Waals surface area (Å²) in [5.74, 6) is -1.36. The van der Waals surface area contributed by atoms with Crippen LogP contribution in [0.3, 0.4) is 0 Å². The van der Waals surface area contributed by atoms with Crippen LogP contribution in [0, 0.1) is 5.82 Å². The standard InChI is InChI=1S/C34H36FN3O4S/c1-3-28-15-11-12-18-31(28)38(43(41,42)30-16-9-6-10-17-30)25-33(39)37(24-27-19-21-29(35)22-20-27)32(34(40)36-4-2)23-26-13-7-5-8-14-26/h5-22,32H,3-4,23-25H2,1-2H3,(H,36,40). The van der Waals surface area contributed by atoms with Crippen LogP contribution < -0.4 is 9.62 Å². The molecule has 0 aliphatic heterocycles. The number of amides is 2. The van der Waals surface area contributed by atoms with E-state index >= 15 is 0 Å². The third kappa shape index (κ3) is 7.87. The first-order valence-corrected chi connectivity index (χ1v) is 15.7. The van der Waals surface area contributed by atoms with E-state index in [4.69, 9.17) is 0 Å². The maximum atomic E-state index is 14.4. The van der Waals surface area contributed by atoms with Gasteiger partial charge in [0.05, 0.1) is 10.6 Å². The number of nitrogens with one attached hydrogen (secondary N) is 1. The highest BCUT2D eigenvalue weighted by atomic mass is 32.2. The molecule has 1 atom stereocenters. The van der Waals surface area contributed by atoms with Crippen molar-refractivity contribution >= 4 is 27.5 Å². The SMILES string of the molecule is CCNC(=O)C(Cc1ccccc1)N(Cc1ccc(F)cc1)C(=O)CN(c1ccccc1CC)S(=O)(=O)c1ccccc1. The van der Waals surface area contributed by atoms with E-state index in [1.165, 1.54) is 29.2 Å². The highest BCUT2D eigenvalue weighted by Crippen LogP contribution is 2.28. The van der Waals surface area contributed by atoms with Crippen molar-refractivity contribution in [3.63, 3.8) is 0 Å². The van der Waals surface area contributed by atoms with Gasteiger partial charge < -0.3 is 10.2 Å². The van der Waals surface area contributed by atoms with Gasteiger partial charge in [-0.1, -0.05) is 85.8 Å². The van der Waals surface area contributed by atoms with Crippen LogP contribution in [0.4, 0.5) is 10.1 Å². The minimum Gasteiger partial charge on any atom is -0.355 e. The fourth-order valence-corrected chi connectivity index (χ4v) is 6.39. The summed E-state index contributed by atoms with van der Waals surface area (Å²) in [7, 11) is -4.17. The van der Waals surface area contributed by atoms with Crippen molar-refractivity contribution < 1.29 is 22.4 Å². The summed E-state index contributed by atoms with van der Waals surface area (Å²) in [4.78, 5) is 29.3. The van der Waals surface area contributed by atoms with Crippen LogP contribution in [0.5, 0.6) is 0 Å². The number of nitrogens with zero attached hydrogens (tertiary/aromatic N) is 2. The lowest BCUT2D eigenvalue weighted by atomic mass is 10.0. The molecule has 224 valence electrons. The number of carbonyl (C=O) groups is 2. The Morgan fingerprint density at radius 2 is 1.40 bits per heavy atom. The van der Waals surface area contributed by atoms with E-state index in [-0.39, 0.29) is 23.8 Å². The Morgan fingerprint density at radius 3 is 2.02 bits per heavy atom. The van der Waals surface area contributed by atoms with Gasteiger partial charge in [0.25, 0.3) is 10.0 Å². The summed E-state index contributed by atoms with van der Waals surface area (Å²) in [6.07, 6.45) is 0.747. The molecular weight excluding hydrogens is 565 g/mol. The largest absolute Gasteiger partial charge is 0.355 e. The average Bonchev–Trinajstić information content (AvgIpc) is 3.03. The molecule has 1 unspecified atom stereocenters. The predicted octanol–water partition coefficient (Wildman–Crippen LogP) is 5.36. The number of rotatable bonds is 13. The van der Waals surface area contributed by atoms with Gasteiger partial charge >= 0.3 is 0 Å². The summed E-state index contributed by atoms with van der Waals surface area (Å²) in [6, 6.07) is 29.1. The van der Waals surface area contributed by atoms with Gasteiger partial charge in [-0.25, -0.2) is 12.8 Å². The van der Waals surface area contributed by atoms with Crippen molar-refractivity contribution in [1.29, 1.82) is 0 Å². The Bertz CT molecular complexity index is 1610. The van der Waals surface area contributed by atoms with Gasteiger partial charge in [-0.2, -0.15) is 0 Å². The van der Waals surface area contributed by atoms with Gasteiger partial charge in [0.15, 0.2) is 0 Å². The highest BCUT2D eigenvalue weighted by molar-refractivity contribution is 7.92. The Hall–Kier alpha value is -4.50. The minimum absolute atomic E-state index is 0.0254. The van der Waals surface area contributed by atoms with E-state index in [0.29, 0.717) is 24.2 Å². The first-order valence-electron chi connectivity index (χ1n) is 14.3. The molecule has 0 bridgehead atoms. The van der Waals surface area contributed by atoms with Gasteiger partial charge in [-0.3, -0.25) is 13.9 Å². The van der Waals surface area contributed by atoms with Crippen molar-refractivity contribution in [1.82, 2.24) is 10.2 Å². The molecule has 0 fully saturated rings. The highest BCUT2D eigenvalue weighted by Gasteiger charge is 2.35. The van der Waals surface area contributed by atoms with Crippen LogP contribution in [0.25, 0.3) is 0 Å². The van der Waals surface area contributed by atoms with Crippen LogP contribution in [0.15, 0.2) is 114 Å². The van der Waals surface area contributed by atoms with Crippen LogP contribution in [0.2, 0.25) is 0 Å². The fraction of sp³-hybridized carbons (Fsp3) is 0.235. The average molecular weight is 602 g/mol. The van der Waals surface area contributed by atoms with Crippen LogP contribution >= 0.6 is 0 Å². The normalized spacial score (nSPS) is 11.9. The summed E-state index contributed by atoms with van der Waals surface area (Å²) in [6.45, 7) is 3.49. The molecule has 0 spiro atoms. The van der Waals surface area contributed by atoms with Gasteiger partial charge in [-0.15, -0.1) is 0 Å². The van der Waals surface area contributed by atoms with Crippen LogP contribution in [0.1, 0.15) is 30.5 Å². The maximum Gasteiger partial charge on any atom is 0.264 e. The second kappa shape index (κ2) is 14.6. The zero-order valence-electron chi connectivity index (χ0n) is 24.3. The number of carbonyl (C=O) groups excluding carboxylic acids is 2. The molecule has 0 aliphatic carbocycles. The van der Waals surface area contributed by atoms with Crippen LogP contribution in [-0.4, -0.2) is 44.3 Å². The number of para-hydroxylation sites is 1. The van der Waals surface area contributed by atoms with Gasteiger partial charge in [0.1, 0.15) is 18.4 Å². The molecule has 4 aromatic carbocycles. The summed E-state index contributed by atoms with van der Waals surface area (Å²) in [5, 5.41) is 2.83. The smallest absolute Gasteiger partial charge is 0.264 e. The summed E-state index contributed by atoms with van der Waals surface area (Å²) in [5.41, 5.74) is 2.58. The van der Waals surface area contributed by atoms with Crippen molar-refractivity contribution in [2.45, 2.75) is 44.2 Å². The first kappa shape index (κ1) is 31.4. The Labute approximate surface area is 253 Å². The molecule has 0 radical (unpaired) electrons.